The van der Waals surface area contributed by atoms with Gasteiger partial charge in [0, 0.05) is 52.4 Å². The molecule has 3 fully saturated rings. The number of hydrogen-bond donors (Lipinski definition) is 2. The molecule has 5 aliphatic rings. The first-order chi connectivity index (χ1) is 26.9. The van der Waals surface area contributed by atoms with E-state index in [4.69, 9.17) is 42.6 Å². The van der Waals surface area contributed by atoms with Gasteiger partial charge in [-0.25, -0.2) is 28.8 Å². The van der Waals surface area contributed by atoms with Gasteiger partial charge in [-0.2, -0.15) is 0 Å². The summed E-state index contributed by atoms with van der Waals surface area (Å²) in [7, 11) is 0. The summed E-state index contributed by atoms with van der Waals surface area (Å²) in [5.41, 5.74) is -1.42. The van der Waals surface area contributed by atoms with E-state index in [0.29, 0.717) is 6.42 Å². The molecule has 1 saturated carbocycles. The molecule has 4 aliphatic heterocycles. The van der Waals surface area contributed by atoms with Crippen LogP contribution in [0.15, 0.2) is 94.9 Å². The normalized spacial score (nSPS) is 29.3. The number of allylic oxidation sites excluding steroid dienone is 8. The van der Waals surface area contributed by atoms with Gasteiger partial charge in [-0.1, -0.05) is 43.4 Å². The summed E-state index contributed by atoms with van der Waals surface area (Å²) >= 11 is 0. The summed E-state index contributed by atoms with van der Waals surface area (Å²) in [4.78, 5) is 87.8. The second-order valence-corrected chi connectivity index (χ2v) is 13.4. The summed E-state index contributed by atoms with van der Waals surface area (Å²) in [6, 6.07) is 0. The largest absolute Gasteiger partial charge is 0.480 e. The van der Waals surface area contributed by atoms with Gasteiger partial charge in [-0.15, -0.1) is 0 Å². The van der Waals surface area contributed by atoms with Crippen molar-refractivity contribution >= 4 is 41.8 Å². The molecule has 0 aromatic carbocycles. The molecule has 0 aromatic heterocycles. The summed E-state index contributed by atoms with van der Waals surface area (Å²) in [5.74, 6) is -13.8. The smallest absolute Gasteiger partial charge is 0.348 e. The van der Waals surface area contributed by atoms with Crippen LogP contribution in [-0.4, -0.2) is 81.8 Å². The van der Waals surface area contributed by atoms with Crippen LogP contribution < -0.4 is 0 Å². The Hall–Kier alpha value is -6.59. The minimum absolute atomic E-state index is 0.0649. The van der Waals surface area contributed by atoms with E-state index in [2.05, 4.69) is 0 Å². The molecule has 0 radical (unpaired) electrons. The number of esters is 7. The molecule has 1 aliphatic carbocycles. The number of rotatable bonds is 11. The Bertz CT molecular complexity index is 1940. The van der Waals surface area contributed by atoms with E-state index in [1.807, 2.05) is 0 Å². The number of aliphatic hydroxyl groups is 2. The number of aliphatic hydroxyl groups excluding tert-OH is 2. The van der Waals surface area contributed by atoms with Crippen molar-refractivity contribution in [1.29, 1.82) is 0 Å². The van der Waals surface area contributed by atoms with Gasteiger partial charge in [-0.05, 0) is 31.2 Å². The maximum atomic E-state index is 12.9. The van der Waals surface area contributed by atoms with Gasteiger partial charge >= 0.3 is 41.8 Å². The Morgan fingerprint density at radius 1 is 0.579 bits per heavy atom. The van der Waals surface area contributed by atoms with E-state index < -0.39 is 88.0 Å². The molecule has 4 heterocycles. The predicted octanol–water partition coefficient (Wildman–Crippen LogP) is 4.10. The van der Waals surface area contributed by atoms with Crippen molar-refractivity contribution in [1.82, 2.24) is 0 Å². The second kappa shape index (κ2) is 16.6. The number of ether oxygens (including phenoxy) is 9. The van der Waals surface area contributed by atoms with E-state index in [0.717, 1.165) is 12.2 Å². The maximum Gasteiger partial charge on any atom is 0.348 e. The van der Waals surface area contributed by atoms with Gasteiger partial charge < -0.3 is 52.8 Å². The maximum absolute atomic E-state index is 12.9. The van der Waals surface area contributed by atoms with Crippen LogP contribution in [0, 0.1) is 0 Å². The molecule has 2 atom stereocenters. The molecule has 2 saturated heterocycles. The molecule has 2 N–H and O–H groups in total. The number of carbonyl (C=O) groups excluding carboxylic acids is 7. The topological polar surface area (TPSA) is 243 Å². The van der Waals surface area contributed by atoms with Gasteiger partial charge in [0.25, 0.3) is 35.0 Å². The Morgan fingerprint density at radius 2 is 0.982 bits per heavy atom. The zero-order valence-corrected chi connectivity index (χ0v) is 31.4. The molecule has 57 heavy (non-hydrogen) atoms. The first kappa shape index (κ1) is 41.6. The van der Waals surface area contributed by atoms with Crippen LogP contribution in [0.1, 0.15) is 72.6 Å². The zero-order chi connectivity index (χ0) is 41.6. The third-order valence-corrected chi connectivity index (χ3v) is 9.14. The van der Waals surface area contributed by atoms with Gasteiger partial charge in [0.2, 0.25) is 0 Å². The molecular weight excluding hydrogens is 756 g/mol. The molecule has 5 rings (SSSR count). The van der Waals surface area contributed by atoms with Crippen molar-refractivity contribution in [2.75, 3.05) is 6.61 Å². The minimum atomic E-state index is -1.70. The first-order valence-electron chi connectivity index (χ1n) is 17.8. The molecule has 0 aromatic rings. The molecule has 2 spiro atoms. The highest BCUT2D eigenvalue weighted by Crippen LogP contribution is 2.45. The second-order valence-electron chi connectivity index (χ2n) is 13.4. The van der Waals surface area contributed by atoms with Crippen LogP contribution >= 0.6 is 0 Å². The fraction of sp³-hybridized carbons (Fsp3) is 0.410. The summed E-state index contributed by atoms with van der Waals surface area (Å²) < 4.78 is 47.8. The van der Waals surface area contributed by atoms with Crippen LogP contribution in [0.2, 0.25) is 0 Å². The van der Waals surface area contributed by atoms with E-state index >= 15 is 0 Å². The Labute approximate surface area is 325 Å². The number of cyclic esters (lactones) is 2. The van der Waals surface area contributed by atoms with E-state index in [-0.39, 0.29) is 56.3 Å². The third kappa shape index (κ3) is 9.63. The van der Waals surface area contributed by atoms with E-state index in [1.165, 1.54) is 62.5 Å². The molecule has 2 unspecified atom stereocenters. The third-order valence-electron chi connectivity index (χ3n) is 9.14. The highest BCUT2D eigenvalue weighted by atomic mass is 16.8. The van der Waals surface area contributed by atoms with Crippen molar-refractivity contribution < 1.29 is 86.4 Å². The predicted molar refractivity (Wildman–Crippen MR) is 188 cm³/mol. The lowest BCUT2D eigenvalue weighted by Gasteiger charge is -2.45. The molecule has 0 bridgehead atoms. The van der Waals surface area contributed by atoms with Gasteiger partial charge in [0.1, 0.15) is 22.3 Å². The highest BCUT2D eigenvalue weighted by molar-refractivity contribution is 6.16. The molecular formula is C39H40O18. The summed E-state index contributed by atoms with van der Waals surface area (Å²) in [6.45, 7) is 6.42. The zero-order valence-electron chi connectivity index (χ0n) is 31.4. The number of hydrogen-bond acceptors (Lipinski definition) is 18. The lowest BCUT2D eigenvalue weighted by molar-refractivity contribution is -0.291. The molecule has 0 amide bonds. The Morgan fingerprint density at radius 3 is 1.37 bits per heavy atom. The summed E-state index contributed by atoms with van der Waals surface area (Å²) in [6.07, 6.45) is 12.1. The van der Waals surface area contributed by atoms with Crippen LogP contribution in [0.4, 0.5) is 0 Å². The lowest BCUT2D eigenvalue weighted by Crippen LogP contribution is -2.56. The van der Waals surface area contributed by atoms with Crippen LogP contribution in [0.25, 0.3) is 0 Å². The Kier molecular flexibility index (Phi) is 12.1. The average Bonchev–Trinajstić information content (AvgIpc) is 3.12. The van der Waals surface area contributed by atoms with Gasteiger partial charge in [0.05, 0.1) is 13.0 Å². The SMILES string of the molecule is CCOC(=O)CCC1(C)OC(=O)C(C=CC=CC=C2C(=O)OC3(CCC4(CC3)OC(=O)C(=CC=CC=CC3=C(O)OC(C)(CC)OC3=O)C(=O)O4)OC2=O)=C(O)O1. The lowest BCUT2D eigenvalue weighted by atomic mass is 9.87. The minimum Gasteiger partial charge on any atom is -0.480 e. The highest BCUT2D eigenvalue weighted by Gasteiger charge is 2.56. The standard InChI is InChI=1S/C39H40O18/c1-5-36(3)50-28(41)23(29(42)51-36)13-9-7-11-15-25-32(45)54-38(55-33(25)46)19-21-39(22-20-38)56-34(47)26(35(48)57-39)16-12-8-10-14-24-30(43)52-37(4,53-31(24)44)18-17-27(40)49-6-2/h7-16,41,43H,5-6,17-22H2,1-4H3. The van der Waals surface area contributed by atoms with Crippen LogP contribution in [-0.2, 0) is 76.2 Å². The average molecular weight is 797 g/mol. The van der Waals surface area contributed by atoms with Gasteiger partial charge in [0.15, 0.2) is 0 Å². The van der Waals surface area contributed by atoms with E-state index in [1.54, 1.807) is 13.8 Å². The van der Waals surface area contributed by atoms with Crippen LogP contribution in [0.3, 0.4) is 0 Å². The fourth-order valence-corrected chi connectivity index (χ4v) is 5.86. The number of carbonyl (C=O) groups is 7. The van der Waals surface area contributed by atoms with E-state index in [9.17, 15) is 43.8 Å². The van der Waals surface area contributed by atoms with Crippen molar-refractivity contribution in [3.05, 3.63) is 94.9 Å². The van der Waals surface area contributed by atoms with Gasteiger partial charge in [-0.3, -0.25) is 4.79 Å². The van der Waals surface area contributed by atoms with Crippen LogP contribution in [0.5, 0.6) is 0 Å². The van der Waals surface area contributed by atoms with Crippen molar-refractivity contribution in [3.8, 4) is 0 Å². The quantitative estimate of drug-likeness (QED) is 0.0983. The fourth-order valence-electron chi connectivity index (χ4n) is 5.86. The van der Waals surface area contributed by atoms with Crippen molar-refractivity contribution in [3.63, 3.8) is 0 Å². The van der Waals surface area contributed by atoms with Crippen molar-refractivity contribution in [2.24, 2.45) is 0 Å². The molecule has 18 heteroatoms. The van der Waals surface area contributed by atoms with Crippen molar-refractivity contribution in [2.45, 2.75) is 95.8 Å². The monoisotopic (exact) mass is 796 g/mol. The first-order valence-corrected chi connectivity index (χ1v) is 17.8. The Balaban J connectivity index is 1.12. The summed E-state index contributed by atoms with van der Waals surface area (Å²) in [5, 5.41) is 20.4. The molecule has 304 valence electrons. The molecule has 18 nitrogen and oxygen atoms in total.